The fourth-order valence-electron chi connectivity index (χ4n) is 8.24. The average molecular weight is 1040 g/mol. The Balaban J connectivity index is 2.27. The number of hydrogen-bond acceptors (Lipinski definition) is 16. The molecule has 0 amide bonds. The van der Waals surface area contributed by atoms with Crippen LogP contribution in [0.1, 0.15) is 162 Å². The Morgan fingerprint density at radius 3 is 2.09 bits per heavy atom. The highest BCUT2D eigenvalue weighted by Crippen LogP contribution is 2.49. The molecule has 0 radical (unpaired) electrons. The van der Waals surface area contributed by atoms with E-state index in [9.17, 15) is 68.8 Å². The first-order chi connectivity index (χ1) is 33.3. The van der Waals surface area contributed by atoms with E-state index < -0.39 is 120 Å². The van der Waals surface area contributed by atoms with E-state index in [1.165, 1.54) is 44.6 Å². The number of rotatable bonds is 25. The van der Waals surface area contributed by atoms with Crippen LogP contribution in [0.4, 0.5) is 0 Å². The third-order valence-electron chi connectivity index (χ3n) is 12.3. The van der Waals surface area contributed by atoms with E-state index in [2.05, 4.69) is 31.2 Å². The average Bonchev–Trinajstić information content (AvgIpc) is 3.30. The van der Waals surface area contributed by atoms with Gasteiger partial charge in [-0.25, -0.2) is 9.13 Å². The van der Waals surface area contributed by atoms with Gasteiger partial charge in [-0.1, -0.05) is 133 Å². The minimum absolute atomic E-state index is 0.0150. The molecule has 2 bridgehead atoms. The molecule has 12 atom stereocenters. The predicted molar refractivity (Wildman–Crippen MR) is 261 cm³/mol. The summed E-state index contributed by atoms with van der Waals surface area (Å²) in [5.74, 6) is -5.53. The van der Waals surface area contributed by atoms with Crippen LogP contribution < -0.4 is 0 Å². The van der Waals surface area contributed by atoms with Gasteiger partial charge < -0.3 is 54.8 Å². The van der Waals surface area contributed by atoms with Crippen molar-refractivity contribution in [2.75, 3.05) is 13.2 Å². The van der Waals surface area contributed by atoms with E-state index in [4.69, 9.17) is 23.0 Å². The van der Waals surface area contributed by atoms with Crippen LogP contribution in [0.15, 0.2) is 48.6 Å². The second kappa shape index (κ2) is 35.7. The van der Waals surface area contributed by atoms with E-state index in [1.807, 2.05) is 19.1 Å². The van der Waals surface area contributed by atoms with Gasteiger partial charge in [0.1, 0.15) is 36.8 Å². The van der Waals surface area contributed by atoms with Gasteiger partial charge in [0.25, 0.3) is 0 Å². The van der Waals surface area contributed by atoms with Crippen molar-refractivity contribution in [3.63, 3.8) is 0 Å². The topological polar surface area (TPSA) is 314 Å². The van der Waals surface area contributed by atoms with E-state index in [1.54, 1.807) is 0 Å². The van der Waals surface area contributed by atoms with Crippen LogP contribution in [-0.4, -0.2) is 131 Å². The molecule has 9 N–H and O–H groups in total. The highest BCUT2D eigenvalue weighted by atomic mass is 31.2. The van der Waals surface area contributed by atoms with Crippen molar-refractivity contribution < 1.29 is 91.9 Å². The number of ketones is 1. The molecule has 2 fully saturated rings. The number of carbonyl (C=O) groups excluding carboxylic acids is 3. The number of esters is 2. The summed E-state index contributed by atoms with van der Waals surface area (Å²) in [5, 5.41) is 68.2. The van der Waals surface area contributed by atoms with Gasteiger partial charge in [-0.15, -0.1) is 0 Å². The Bertz CT molecular complexity index is 1700. The first kappa shape index (κ1) is 63.7. The molecule has 404 valence electrons. The minimum atomic E-state index is -5.78. The summed E-state index contributed by atoms with van der Waals surface area (Å²) in [6.45, 7) is 2.53. The van der Waals surface area contributed by atoms with Crippen LogP contribution >= 0.6 is 15.6 Å². The van der Waals surface area contributed by atoms with Gasteiger partial charge in [-0.2, -0.15) is 0 Å². The van der Waals surface area contributed by atoms with Gasteiger partial charge in [0.15, 0.2) is 6.10 Å². The monoisotopic (exact) mass is 1040 g/mol. The first-order valence-electron chi connectivity index (χ1n) is 25.3. The maximum absolute atomic E-state index is 13.7. The van der Waals surface area contributed by atoms with Crippen LogP contribution in [-0.2, 0) is 46.6 Å². The van der Waals surface area contributed by atoms with Crippen LogP contribution in [0.2, 0.25) is 0 Å². The van der Waals surface area contributed by atoms with Crippen molar-refractivity contribution in [1.29, 1.82) is 0 Å². The number of Topliss-reactive ketones (excluding diaryl/α,β-unsaturated/α-hetero) is 1. The zero-order valence-corrected chi connectivity index (χ0v) is 42.9. The van der Waals surface area contributed by atoms with Crippen molar-refractivity contribution in [2.45, 2.75) is 216 Å². The lowest BCUT2D eigenvalue weighted by molar-refractivity contribution is -0.165. The quantitative estimate of drug-likeness (QED) is 0.0200. The number of aliphatic hydroxyl groups is 6. The molecule has 1 aliphatic heterocycles. The molecule has 0 spiro atoms. The smallest absolute Gasteiger partial charge is 0.462 e. The summed E-state index contributed by atoms with van der Waals surface area (Å²) >= 11 is 0. The Hall–Kier alpha value is -2.45. The third kappa shape index (κ3) is 27.0. The predicted octanol–water partition coefficient (Wildman–Crippen LogP) is 6.65. The van der Waals surface area contributed by atoms with Crippen LogP contribution in [0.5, 0.6) is 0 Å². The van der Waals surface area contributed by atoms with Crippen molar-refractivity contribution >= 4 is 33.4 Å². The number of aliphatic hydroxyl groups excluding tert-OH is 6. The molecule has 0 aromatic heterocycles. The van der Waals surface area contributed by atoms with Gasteiger partial charge >= 0.3 is 27.6 Å². The van der Waals surface area contributed by atoms with Crippen molar-refractivity contribution in [2.24, 2.45) is 11.8 Å². The molecule has 1 saturated carbocycles. The molecule has 2 rings (SSSR count). The maximum Gasteiger partial charge on any atom is 0.472 e. The molecule has 2 aliphatic rings. The second-order valence-electron chi connectivity index (χ2n) is 18.3. The molecule has 0 aromatic carbocycles. The Kier molecular flexibility index (Phi) is 32.4. The molecule has 1 heterocycles. The highest BCUT2D eigenvalue weighted by molar-refractivity contribution is 7.47. The lowest BCUT2D eigenvalue weighted by Gasteiger charge is -2.38. The van der Waals surface area contributed by atoms with Gasteiger partial charge in [0.2, 0.25) is 0 Å². The summed E-state index contributed by atoms with van der Waals surface area (Å²) in [4.78, 5) is 70.4. The number of phosphoric ester groups is 2. The van der Waals surface area contributed by atoms with Gasteiger partial charge in [0, 0.05) is 31.1 Å². The van der Waals surface area contributed by atoms with E-state index in [0.717, 1.165) is 38.2 Å². The number of fused-ring (bicyclic) bond motifs is 4. The summed E-state index contributed by atoms with van der Waals surface area (Å²) in [5.41, 5.74) is 0. The van der Waals surface area contributed by atoms with Crippen molar-refractivity contribution in [3.05, 3.63) is 48.6 Å². The maximum atomic E-state index is 13.7. The zero-order valence-electron chi connectivity index (χ0n) is 41.1. The molecule has 1 aliphatic carbocycles. The Morgan fingerprint density at radius 2 is 1.41 bits per heavy atom. The summed E-state index contributed by atoms with van der Waals surface area (Å²) in [6, 6.07) is 0. The fourth-order valence-corrected chi connectivity index (χ4v) is 9.77. The Labute approximate surface area is 414 Å². The molecule has 1 unspecified atom stereocenters. The molecule has 1 saturated heterocycles. The lowest BCUT2D eigenvalue weighted by atomic mass is 9.83. The number of hydrogen-bond donors (Lipinski definition) is 9. The molecule has 0 aromatic rings. The number of cyclic esters (lactones) is 1. The molecule has 21 heteroatoms. The summed E-state index contributed by atoms with van der Waals surface area (Å²) in [6.07, 6.45) is 9.08. The number of allylic oxidation sites excluding steroid dienone is 6. The highest BCUT2D eigenvalue weighted by Gasteiger charge is 2.51. The number of ether oxygens (including phenoxy) is 2. The van der Waals surface area contributed by atoms with Crippen molar-refractivity contribution in [3.8, 4) is 0 Å². The van der Waals surface area contributed by atoms with E-state index in [0.29, 0.717) is 32.1 Å². The summed E-state index contributed by atoms with van der Waals surface area (Å²) < 4.78 is 52.1. The standard InChI is InChI=1S/C49H84O19P2/c1-3-5-7-8-9-10-11-12-13-14-15-16-17-18-19-20-25-29-42(53)64-34-37-35-65-70(62,63)68-49-47(58)46(57)44(55)38(28-24-21-22-26-30-43(54)66-37)40(51)33-41(52)39(32-31-36(50)27-23-6-4-2)45(56)48(49)67-69(59,60)61/h12-13,15-16,18-19,31-32,36-39,41,44-50,52,55-58H,3-11,14,17,20-30,33-35H2,1-2H3,(H,62,63)(H2,59,60,61)/b13-12-,16-15-,19-18-,32-31?/t36-,37+,38-,39-,41+,44+,45+,46-,47+,48+,49-/m0/s1. The summed E-state index contributed by atoms with van der Waals surface area (Å²) in [7, 11) is -11.5. The molecule has 19 nitrogen and oxygen atoms in total. The second-order valence-corrected chi connectivity index (χ2v) is 20.9. The number of phosphoric acid groups is 2. The van der Waals surface area contributed by atoms with Crippen LogP contribution in [0.3, 0.4) is 0 Å². The number of unbranched alkanes of at least 4 members (excludes halogenated alkanes) is 9. The molecular formula is C49H84O19P2. The van der Waals surface area contributed by atoms with Crippen LogP contribution in [0, 0.1) is 11.8 Å². The van der Waals surface area contributed by atoms with Crippen LogP contribution in [0.25, 0.3) is 0 Å². The van der Waals surface area contributed by atoms with E-state index >= 15 is 0 Å². The van der Waals surface area contributed by atoms with Gasteiger partial charge in [-0.05, 0) is 57.8 Å². The lowest BCUT2D eigenvalue weighted by Crippen LogP contribution is -2.56. The first-order valence-corrected chi connectivity index (χ1v) is 28.3. The largest absolute Gasteiger partial charge is 0.472 e. The normalized spacial score (nSPS) is 30.2. The zero-order chi connectivity index (χ0) is 52.0. The molecule has 70 heavy (non-hydrogen) atoms. The molecular weight excluding hydrogens is 954 g/mol. The number of carbonyl (C=O) groups is 3. The SMILES string of the molecule is CCCCCCCC/C=C\C/C=C\C/C=C\CCCC(=O)OC[C@@H]1COP(=O)(O)O[C@H]2[C@H](O)[C@@H](O)[C@H](O)[C@@H](CCCCCCC(=O)O1)C(=O)C[C@@H](O)[C@H](C=C[C@@H](O)CCCCC)[C@@H](O)[C@H]2OP(=O)(O)O. The van der Waals surface area contributed by atoms with Gasteiger partial charge in [-0.3, -0.25) is 28.0 Å². The van der Waals surface area contributed by atoms with E-state index in [-0.39, 0.29) is 38.5 Å². The minimum Gasteiger partial charge on any atom is -0.462 e. The Morgan fingerprint density at radius 1 is 0.800 bits per heavy atom. The third-order valence-corrected chi connectivity index (χ3v) is 13.8. The van der Waals surface area contributed by atoms with Crippen molar-refractivity contribution in [1.82, 2.24) is 0 Å². The fraction of sp³-hybridized carbons (Fsp3) is 0.776. The van der Waals surface area contributed by atoms with Gasteiger partial charge in [0.05, 0.1) is 31.0 Å².